The lowest BCUT2D eigenvalue weighted by atomic mass is 10.1. The molecule has 0 atom stereocenters. The quantitative estimate of drug-likeness (QED) is 0.651. The van der Waals surface area contributed by atoms with Gasteiger partial charge in [0.2, 0.25) is 0 Å². The Hall–Kier alpha value is -3.67. The van der Waals surface area contributed by atoms with Crippen LogP contribution in [0.3, 0.4) is 0 Å². The van der Waals surface area contributed by atoms with Gasteiger partial charge in [-0.05, 0) is 43.3 Å². The van der Waals surface area contributed by atoms with E-state index in [0.29, 0.717) is 29.2 Å². The summed E-state index contributed by atoms with van der Waals surface area (Å²) in [5.41, 5.74) is 2.86. The Morgan fingerprint density at radius 1 is 1.00 bits per heavy atom. The largest absolute Gasteiger partial charge is 0.465 e. The first kappa shape index (κ1) is 19.1. The lowest BCUT2D eigenvalue weighted by Gasteiger charge is -2.20. The number of nitrogens with zero attached hydrogens (tertiary/aromatic N) is 2. The van der Waals surface area contributed by atoms with Gasteiger partial charge in [-0.2, -0.15) is 0 Å². The zero-order valence-electron chi connectivity index (χ0n) is 15.8. The van der Waals surface area contributed by atoms with Crippen molar-refractivity contribution in [1.82, 2.24) is 4.98 Å². The van der Waals surface area contributed by atoms with Crippen molar-refractivity contribution in [3.05, 3.63) is 84.2 Å². The number of benzene rings is 2. The number of methoxy groups -OCH3 is 1. The number of para-hydroxylation sites is 2. The molecule has 0 spiro atoms. The highest BCUT2D eigenvalue weighted by atomic mass is 16.5. The number of carbonyl (C=O) groups is 2. The summed E-state index contributed by atoms with van der Waals surface area (Å²) in [4.78, 5) is 30.7. The van der Waals surface area contributed by atoms with Gasteiger partial charge in [-0.1, -0.05) is 30.3 Å². The van der Waals surface area contributed by atoms with Crippen LogP contribution in [-0.4, -0.2) is 30.5 Å². The van der Waals surface area contributed by atoms with Gasteiger partial charge < -0.3 is 15.0 Å². The molecule has 0 fully saturated rings. The van der Waals surface area contributed by atoms with Crippen LogP contribution in [0, 0.1) is 0 Å². The molecule has 0 radical (unpaired) electrons. The molecule has 1 heterocycles. The Balaban J connectivity index is 1.79. The number of aromatic nitrogens is 1. The van der Waals surface area contributed by atoms with Crippen molar-refractivity contribution in [1.29, 1.82) is 0 Å². The summed E-state index contributed by atoms with van der Waals surface area (Å²) >= 11 is 0. The number of nitrogens with one attached hydrogen (secondary N) is 1. The highest BCUT2D eigenvalue weighted by Gasteiger charge is 2.17. The smallest absolute Gasteiger partial charge is 0.339 e. The molecular formula is C22H21N3O3. The van der Waals surface area contributed by atoms with Gasteiger partial charge in [-0.15, -0.1) is 0 Å². The van der Waals surface area contributed by atoms with E-state index in [-0.39, 0.29) is 5.91 Å². The van der Waals surface area contributed by atoms with E-state index < -0.39 is 5.97 Å². The summed E-state index contributed by atoms with van der Waals surface area (Å²) in [5.74, 6) is -0.598. The van der Waals surface area contributed by atoms with Crippen LogP contribution in [-0.2, 0) is 4.74 Å². The zero-order valence-corrected chi connectivity index (χ0v) is 15.8. The lowest BCUT2D eigenvalue weighted by molar-refractivity contribution is 0.0601. The normalized spacial score (nSPS) is 10.2. The van der Waals surface area contributed by atoms with Crippen molar-refractivity contribution < 1.29 is 14.3 Å². The number of rotatable bonds is 6. The van der Waals surface area contributed by atoms with Gasteiger partial charge in [0.1, 0.15) is 5.69 Å². The molecule has 142 valence electrons. The third-order valence-electron chi connectivity index (χ3n) is 4.22. The number of anilines is 3. The average Bonchev–Trinajstić information content (AvgIpc) is 2.75. The van der Waals surface area contributed by atoms with Gasteiger partial charge in [0.25, 0.3) is 5.91 Å². The van der Waals surface area contributed by atoms with Crippen LogP contribution in [0.25, 0.3) is 0 Å². The van der Waals surface area contributed by atoms with Crippen LogP contribution in [0.5, 0.6) is 0 Å². The number of hydrogen-bond donors (Lipinski definition) is 1. The molecular weight excluding hydrogens is 354 g/mol. The van der Waals surface area contributed by atoms with Gasteiger partial charge in [0.15, 0.2) is 0 Å². The van der Waals surface area contributed by atoms with Gasteiger partial charge in [0.05, 0.1) is 30.2 Å². The molecule has 6 heteroatoms. The molecule has 0 unspecified atom stereocenters. The van der Waals surface area contributed by atoms with E-state index in [1.165, 1.54) is 7.11 Å². The molecule has 3 rings (SSSR count). The minimum Gasteiger partial charge on any atom is -0.465 e. The van der Waals surface area contributed by atoms with Crippen LogP contribution in [0.1, 0.15) is 27.8 Å². The predicted octanol–water partition coefficient (Wildman–Crippen LogP) is 4.28. The first-order valence-electron chi connectivity index (χ1n) is 8.91. The Kier molecular flexibility index (Phi) is 6.01. The van der Waals surface area contributed by atoms with Crippen LogP contribution < -0.4 is 10.2 Å². The summed E-state index contributed by atoms with van der Waals surface area (Å²) in [6.07, 6.45) is 1.57. The van der Waals surface area contributed by atoms with Crippen molar-refractivity contribution in [3.8, 4) is 0 Å². The molecule has 6 nitrogen and oxygen atoms in total. The maximum Gasteiger partial charge on any atom is 0.339 e. The zero-order chi connectivity index (χ0) is 19.9. The second-order valence-corrected chi connectivity index (χ2v) is 5.98. The molecule has 1 N–H and O–H groups in total. The van der Waals surface area contributed by atoms with Crippen LogP contribution in [0.2, 0.25) is 0 Å². The summed E-state index contributed by atoms with van der Waals surface area (Å²) in [5, 5.41) is 3.14. The van der Waals surface area contributed by atoms with Gasteiger partial charge >= 0.3 is 5.97 Å². The van der Waals surface area contributed by atoms with E-state index in [4.69, 9.17) is 4.74 Å². The summed E-state index contributed by atoms with van der Waals surface area (Å²) in [7, 11) is 1.34. The molecule has 0 bridgehead atoms. The maximum atomic E-state index is 12.8. The Labute approximate surface area is 163 Å². The van der Waals surface area contributed by atoms with E-state index >= 15 is 0 Å². The van der Waals surface area contributed by atoms with Crippen molar-refractivity contribution in [2.75, 3.05) is 23.9 Å². The molecule has 1 amide bonds. The molecule has 28 heavy (non-hydrogen) atoms. The van der Waals surface area contributed by atoms with E-state index in [1.54, 1.807) is 41.4 Å². The highest BCUT2D eigenvalue weighted by Crippen LogP contribution is 2.22. The van der Waals surface area contributed by atoms with E-state index in [9.17, 15) is 9.59 Å². The molecule has 0 aliphatic carbocycles. The summed E-state index contributed by atoms with van der Waals surface area (Å²) < 4.78 is 4.80. The Bertz CT molecular complexity index is 956. The van der Waals surface area contributed by atoms with E-state index in [2.05, 4.69) is 10.3 Å². The van der Waals surface area contributed by atoms with Gasteiger partial charge in [0, 0.05) is 12.2 Å². The number of carbonyl (C=O) groups excluding carboxylic acids is 2. The predicted molar refractivity (Wildman–Crippen MR) is 109 cm³/mol. The van der Waals surface area contributed by atoms with E-state index in [0.717, 1.165) is 5.69 Å². The monoisotopic (exact) mass is 375 g/mol. The maximum absolute atomic E-state index is 12.8. The number of hydrogen-bond acceptors (Lipinski definition) is 5. The third-order valence-corrected chi connectivity index (χ3v) is 4.22. The molecule has 0 saturated heterocycles. The molecule has 3 aromatic rings. The number of amides is 1. The number of esters is 1. The van der Waals surface area contributed by atoms with Crippen molar-refractivity contribution >= 4 is 28.9 Å². The average molecular weight is 375 g/mol. The fraction of sp³-hybridized carbons (Fsp3) is 0.136. The van der Waals surface area contributed by atoms with Crippen LogP contribution >= 0.6 is 0 Å². The molecule has 0 aliphatic rings. The number of pyridine rings is 1. The number of ether oxygens (including phenoxy) is 1. The lowest BCUT2D eigenvalue weighted by Crippen LogP contribution is -2.31. The Morgan fingerprint density at radius 2 is 1.71 bits per heavy atom. The second-order valence-electron chi connectivity index (χ2n) is 5.98. The van der Waals surface area contributed by atoms with Crippen molar-refractivity contribution in [3.63, 3.8) is 0 Å². The van der Waals surface area contributed by atoms with E-state index in [1.807, 2.05) is 43.3 Å². The Morgan fingerprint density at radius 3 is 2.36 bits per heavy atom. The minimum atomic E-state index is -0.427. The molecule has 1 aromatic heterocycles. The van der Waals surface area contributed by atoms with Gasteiger partial charge in [-0.25, -0.2) is 9.78 Å². The van der Waals surface area contributed by atoms with Crippen LogP contribution in [0.4, 0.5) is 17.1 Å². The SMILES string of the molecule is CCN(C(=O)c1ccc(Nc2ccccc2C(=O)OC)cn1)c1ccccc1. The first-order chi connectivity index (χ1) is 13.6. The van der Waals surface area contributed by atoms with Crippen molar-refractivity contribution in [2.24, 2.45) is 0 Å². The molecule has 0 saturated carbocycles. The van der Waals surface area contributed by atoms with Gasteiger partial charge in [-0.3, -0.25) is 4.79 Å². The standard InChI is InChI=1S/C22H21N3O3/c1-3-25(17-9-5-4-6-10-17)21(26)20-14-13-16(15-23-20)24-19-12-8-7-11-18(19)22(27)28-2/h4-15,24H,3H2,1-2H3. The minimum absolute atomic E-state index is 0.171. The molecule has 2 aromatic carbocycles. The fourth-order valence-electron chi connectivity index (χ4n) is 2.82. The second kappa shape index (κ2) is 8.81. The first-order valence-corrected chi connectivity index (χ1v) is 8.91. The highest BCUT2D eigenvalue weighted by molar-refractivity contribution is 6.04. The van der Waals surface area contributed by atoms with Crippen molar-refractivity contribution in [2.45, 2.75) is 6.92 Å². The summed E-state index contributed by atoms with van der Waals surface area (Å²) in [6.45, 7) is 2.46. The molecule has 0 aliphatic heterocycles. The fourth-order valence-corrected chi connectivity index (χ4v) is 2.82. The third kappa shape index (κ3) is 4.17. The van der Waals surface area contributed by atoms with Crippen LogP contribution in [0.15, 0.2) is 72.9 Å². The topological polar surface area (TPSA) is 71.5 Å². The summed E-state index contributed by atoms with van der Waals surface area (Å²) in [6, 6.07) is 19.9.